The van der Waals surface area contributed by atoms with Crippen LogP contribution in [0.5, 0.6) is 0 Å². The summed E-state index contributed by atoms with van der Waals surface area (Å²) in [6.45, 7) is 1.39. The van der Waals surface area contributed by atoms with Crippen molar-refractivity contribution in [1.29, 1.82) is 0 Å². The third kappa shape index (κ3) is 4.16. The number of nitrogens with zero attached hydrogens (tertiary/aromatic N) is 5. The van der Waals surface area contributed by atoms with Crippen molar-refractivity contribution in [3.8, 4) is 11.1 Å². The number of hydrogen-bond donors (Lipinski definition) is 2. The summed E-state index contributed by atoms with van der Waals surface area (Å²) in [5.41, 5.74) is 4.48. The number of aromatic nitrogens is 4. The van der Waals surface area contributed by atoms with Gasteiger partial charge in [0, 0.05) is 30.2 Å². The lowest BCUT2D eigenvalue weighted by Gasteiger charge is -2.39. The van der Waals surface area contributed by atoms with Gasteiger partial charge in [-0.2, -0.15) is 5.10 Å². The van der Waals surface area contributed by atoms with Crippen LogP contribution in [0.3, 0.4) is 0 Å². The number of alkyl halides is 2. The third-order valence-corrected chi connectivity index (χ3v) is 6.48. The van der Waals surface area contributed by atoms with E-state index in [2.05, 4.69) is 36.4 Å². The van der Waals surface area contributed by atoms with Crippen LogP contribution in [0.25, 0.3) is 22.0 Å². The van der Waals surface area contributed by atoms with Gasteiger partial charge in [0.25, 0.3) is 11.8 Å². The van der Waals surface area contributed by atoms with Gasteiger partial charge in [0.15, 0.2) is 5.69 Å². The van der Waals surface area contributed by atoms with Crippen LogP contribution in [0, 0.1) is 0 Å². The number of carbonyl (C=O) groups excluding carboxylic acids is 1. The molecule has 1 amide bonds. The van der Waals surface area contributed by atoms with Crippen molar-refractivity contribution in [2.75, 3.05) is 41.3 Å². The Morgan fingerprint density at radius 3 is 2.54 bits per heavy atom. The molecule has 4 aromatic rings. The normalized spacial score (nSPS) is 17.0. The zero-order chi connectivity index (χ0) is 24.0. The van der Waals surface area contributed by atoms with Gasteiger partial charge in [-0.1, -0.05) is 6.07 Å². The van der Waals surface area contributed by atoms with Crippen molar-refractivity contribution in [1.82, 2.24) is 20.2 Å². The predicted octanol–water partition coefficient (Wildman–Crippen LogP) is 4.33. The fourth-order valence-electron chi connectivity index (χ4n) is 4.61. The zero-order valence-electron chi connectivity index (χ0n) is 18.8. The summed E-state index contributed by atoms with van der Waals surface area (Å²) in [6.07, 6.45) is 7.55. The molecule has 0 aliphatic carbocycles. The molecule has 3 aromatic heterocycles. The highest BCUT2D eigenvalue weighted by atomic mass is 19.3. The van der Waals surface area contributed by atoms with Gasteiger partial charge in [-0.15, -0.1) is 0 Å². The molecule has 2 fully saturated rings. The third-order valence-electron chi connectivity index (χ3n) is 6.48. The van der Waals surface area contributed by atoms with E-state index in [4.69, 9.17) is 0 Å². The van der Waals surface area contributed by atoms with Gasteiger partial charge < -0.3 is 15.1 Å². The van der Waals surface area contributed by atoms with Gasteiger partial charge in [0.2, 0.25) is 0 Å². The van der Waals surface area contributed by atoms with Gasteiger partial charge in [-0.05, 0) is 48.7 Å². The quantitative estimate of drug-likeness (QED) is 0.447. The number of H-pyrrole nitrogens is 1. The largest absolute Gasteiger partial charge is 0.370 e. The van der Waals surface area contributed by atoms with Crippen molar-refractivity contribution in [3.63, 3.8) is 0 Å². The van der Waals surface area contributed by atoms with Crippen molar-refractivity contribution in [3.05, 3.63) is 60.7 Å². The number of benzene rings is 1. The summed E-state index contributed by atoms with van der Waals surface area (Å²) in [5, 5.41) is 10.6. The second kappa shape index (κ2) is 8.30. The van der Waals surface area contributed by atoms with Gasteiger partial charge >= 0.3 is 0 Å². The summed E-state index contributed by atoms with van der Waals surface area (Å²) in [4.78, 5) is 25.4. The monoisotopic (exact) mass is 475 g/mol. The summed E-state index contributed by atoms with van der Waals surface area (Å²) >= 11 is 0. The van der Waals surface area contributed by atoms with Gasteiger partial charge in [-0.3, -0.25) is 14.9 Å². The molecule has 10 heteroatoms. The molecule has 2 N–H and O–H groups in total. The number of carbonyl (C=O) groups is 1. The van der Waals surface area contributed by atoms with Gasteiger partial charge in [0.1, 0.15) is 5.82 Å². The van der Waals surface area contributed by atoms with Crippen LogP contribution < -0.4 is 15.1 Å². The summed E-state index contributed by atoms with van der Waals surface area (Å²) in [6, 6.07) is 11.2. The Kier molecular flexibility index (Phi) is 5.09. The number of anilines is 3. The molecule has 0 spiro atoms. The molecule has 0 bridgehead atoms. The first-order valence-electron chi connectivity index (χ1n) is 11.5. The van der Waals surface area contributed by atoms with E-state index >= 15 is 0 Å². The Hall–Kier alpha value is -4.08. The predicted molar refractivity (Wildman–Crippen MR) is 130 cm³/mol. The summed E-state index contributed by atoms with van der Waals surface area (Å²) < 4.78 is 26.2. The van der Waals surface area contributed by atoms with Crippen LogP contribution in [0.1, 0.15) is 23.3 Å². The van der Waals surface area contributed by atoms with E-state index in [0.717, 1.165) is 35.4 Å². The highest BCUT2D eigenvalue weighted by Crippen LogP contribution is 2.31. The zero-order valence-corrected chi connectivity index (χ0v) is 18.8. The number of fused-ring (bicyclic) bond motifs is 1. The Bertz CT molecular complexity index is 1390. The van der Waals surface area contributed by atoms with Crippen LogP contribution in [-0.2, 0) is 0 Å². The van der Waals surface area contributed by atoms with Crippen LogP contribution in [0.4, 0.5) is 26.0 Å². The van der Waals surface area contributed by atoms with Crippen LogP contribution >= 0.6 is 0 Å². The summed E-state index contributed by atoms with van der Waals surface area (Å²) in [7, 11) is 0. The second-order valence-electron chi connectivity index (χ2n) is 9.03. The molecule has 0 unspecified atom stereocenters. The van der Waals surface area contributed by atoms with E-state index in [1.54, 1.807) is 12.1 Å². The molecule has 2 aliphatic rings. The van der Waals surface area contributed by atoms with E-state index < -0.39 is 5.92 Å². The first-order valence-corrected chi connectivity index (χ1v) is 11.5. The number of halogens is 2. The fraction of sp³-hybridized carbons (Fsp3) is 0.280. The molecule has 2 aliphatic heterocycles. The smallest absolute Gasteiger partial charge is 0.282 e. The minimum Gasteiger partial charge on any atom is -0.370 e. The van der Waals surface area contributed by atoms with Crippen molar-refractivity contribution in [2.45, 2.75) is 18.8 Å². The van der Waals surface area contributed by atoms with E-state index in [-0.39, 0.29) is 24.7 Å². The number of nitrogens with one attached hydrogen (secondary N) is 2. The molecule has 6 rings (SSSR count). The number of amides is 1. The van der Waals surface area contributed by atoms with E-state index in [0.29, 0.717) is 16.9 Å². The molecule has 0 atom stereocenters. The lowest BCUT2D eigenvalue weighted by atomic mass is 10.0. The number of aromatic amines is 1. The average molecular weight is 476 g/mol. The number of pyridine rings is 2. The standard InChI is InChI=1S/C25H23F2N7O/c26-25(27)14-34(15-25)22-6-4-18(12-29-22)30-24(35)23-20-10-16(3-5-21(20)31-32-23)17-9-19(13-28-11-17)33-7-1-2-8-33/h3-6,9-13H,1-2,7-8,14-15H2,(H,30,35)(H,31,32). The first kappa shape index (κ1) is 21.5. The topological polar surface area (TPSA) is 90.0 Å². The SMILES string of the molecule is O=C(Nc1ccc(N2CC(F)(F)C2)nc1)c1n[nH]c2ccc(-c3cncc(N4CCCC4)c3)cc12. The Morgan fingerprint density at radius 1 is 0.971 bits per heavy atom. The van der Waals surface area contributed by atoms with E-state index in [1.165, 1.54) is 23.9 Å². The second-order valence-corrected chi connectivity index (χ2v) is 9.03. The first-order chi connectivity index (χ1) is 16.9. The molecular weight excluding hydrogens is 452 g/mol. The maximum Gasteiger partial charge on any atom is 0.282 e. The van der Waals surface area contributed by atoms with Gasteiger partial charge in [0.05, 0.1) is 42.4 Å². The average Bonchev–Trinajstić information content (AvgIpc) is 3.53. The van der Waals surface area contributed by atoms with Crippen molar-refractivity contribution < 1.29 is 13.6 Å². The highest BCUT2D eigenvalue weighted by Gasteiger charge is 2.44. The molecular formula is C25H23F2N7O. The number of rotatable bonds is 5. The van der Waals surface area contributed by atoms with E-state index in [9.17, 15) is 13.6 Å². The van der Waals surface area contributed by atoms with E-state index in [1.807, 2.05) is 30.6 Å². The lowest BCUT2D eigenvalue weighted by molar-refractivity contribution is -0.0267. The molecule has 0 saturated carbocycles. The maximum atomic E-state index is 13.1. The molecule has 8 nitrogen and oxygen atoms in total. The molecule has 178 valence electrons. The molecule has 35 heavy (non-hydrogen) atoms. The minimum absolute atomic E-state index is 0.261. The Labute approximate surface area is 200 Å². The molecule has 2 saturated heterocycles. The minimum atomic E-state index is -2.67. The molecule has 1 aromatic carbocycles. The van der Waals surface area contributed by atoms with Gasteiger partial charge in [-0.25, -0.2) is 13.8 Å². The Balaban J connectivity index is 1.22. The Morgan fingerprint density at radius 2 is 1.80 bits per heavy atom. The molecule has 5 heterocycles. The van der Waals surface area contributed by atoms with Crippen LogP contribution in [-0.4, -0.2) is 58.2 Å². The lowest BCUT2D eigenvalue weighted by Crippen LogP contribution is -2.56. The van der Waals surface area contributed by atoms with Crippen molar-refractivity contribution in [2.24, 2.45) is 0 Å². The van der Waals surface area contributed by atoms with Crippen molar-refractivity contribution >= 4 is 34.0 Å². The number of hydrogen-bond acceptors (Lipinski definition) is 6. The van der Waals surface area contributed by atoms with Crippen LogP contribution in [0.2, 0.25) is 0 Å². The summed E-state index contributed by atoms with van der Waals surface area (Å²) in [5.74, 6) is -2.60. The maximum absolute atomic E-state index is 13.1. The van der Waals surface area contributed by atoms with Crippen LogP contribution in [0.15, 0.2) is 55.0 Å². The molecule has 0 radical (unpaired) electrons. The fourth-order valence-corrected chi connectivity index (χ4v) is 4.61. The highest BCUT2D eigenvalue weighted by molar-refractivity contribution is 6.11.